The zero-order chi connectivity index (χ0) is 13.8. The maximum Gasteiger partial charge on any atom is 0.417 e. The predicted octanol–water partition coefficient (Wildman–Crippen LogP) is 1.78. The van der Waals surface area contributed by atoms with Crippen LogP contribution in [0.2, 0.25) is 0 Å². The number of carbonyl (C=O) groups excluding carboxylic acids is 1. The molecule has 2 aliphatic rings. The minimum Gasteiger partial charge on any atom is -0.323 e. The topological polar surface area (TPSA) is 68.0 Å². The number of hydrogen-bond acceptors (Lipinski definition) is 3. The van der Waals surface area contributed by atoms with Crippen LogP contribution >= 0.6 is 0 Å². The highest BCUT2D eigenvalue weighted by Crippen LogP contribution is 2.62. The fourth-order valence-electron chi connectivity index (χ4n) is 2.78. The van der Waals surface area contributed by atoms with Gasteiger partial charge in [0.25, 0.3) is 0 Å². The largest absolute Gasteiger partial charge is 0.417 e. The van der Waals surface area contributed by atoms with Crippen LogP contribution in [0.5, 0.6) is 0 Å². The molecule has 1 amide bonds. The third-order valence-electron chi connectivity index (χ3n) is 4.11. The molecular weight excluding hydrogens is 259 g/mol. The van der Waals surface area contributed by atoms with Crippen LogP contribution in [0.1, 0.15) is 18.4 Å². The number of pyridine rings is 1. The zero-order valence-electron chi connectivity index (χ0n) is 9.87. The summed E-state index contributed by atoms with van der Waals surface area (Å²) in [5, 5.41) is 2.43. The number of amides is 1. The first-order valence-electron chi connectivity index (χ1n) is 5.96. The van der Waals surface area contributed by atoms with Gasteiger partial charge in [-0.1, -0.05) is 0 Å². The number of nitrogens with zero attached hydrogens (tertiary/aromatic N) is 1. The van der Waals surface area contributed by atoms with E-state index < -0.39 is 23.2 Å². The van der Waals surface area contributed by atoms with Gasteiger partial charge in [-0.2, -0.15) is 13.2 Å². The Hall–Kier alpha value is -1.63. The van der Waals surface area contributed by atoms with Crippen molar-refractivity contribution in [2.45, 2.75) is 24.6 Å². The van der Waals surface area contributed by atoms with E-state index in [4.69, 9.17) is 5.73 Å². The Labute approximate surface area is 107 Å². The molecule has 0 spiro atoms. The number of carbonyl (C=O) groups is 1. The van der Waals surface area contributed by atoms with Crippen molar-refractivity contribution in [3.63, 3.8) is 0 Å². The maximum atomic E-state index is 12.5. The van der Waals surface area contributed by atoms with E-state index in [9.17, 15) is 18.0 Å². The van der Waals surface area contributed by atoms with Gasteiger partial charge in [-0.25, -0.2) is 0 Å². The van der Waals surface area contributed by atoms with Gasteiger partial charge in [-0.3, -0.25) is 9.78 Å². The number of nitrogens with two attached hydrogens (primary N) is 1. The lowest BCUT2D eigenvalue weighted by Gasteiger charge is -2.12. The van der Waals surface area contributed by atoms with E-state index in [1.165, 1.54) is 6.20 Å². The number of fused-ring (bicyclic) bond motifs is 1. The predicted molar refractivity (Wildman–Crippen MR) is 61.0 cm³/mol. The molecule has 2 aliphatic carbocycles. The SMILES string of the molecule is NC1(C(=O)Nc2cncc(C(F)(F)F)c2)[C@@H]2CC[C@@H]21. The van der Waals surface area contributed by atoms with Gasteiger partial charge in [0.15, 0.2) is 0 Å². The average molecular weight is 271 g/mol. The number of hydrogen-bond donors (Lipinski definition) is 2. The summed E-state index contributed by atoms with van der Waals surface area (Å²) >= 11 is 0. The molecule has 1 heterocycles. The van der Waals surface area contributed by atoms with Gasteiger partial charge in [0.1, 0.15) is 5.54 Å². The molecule has 0 bridgehead atoms. The Morgan fingerprint density at radius 1 is 1.37 bits per heavy atom. The summed E-state index contributed by atoms with van der Waals surface area (Å²) in [5.74, 6) is -0.0429. The van der Waals surface area contributed by atoms with E-state index in [1.807, 2.05) is 0 Å². The second-order valence-electron chi connectivity index (χ2n) is 5.14. The molecular formula is C12H12F3N3O. The molecule has 2 fully saturated rings. The van der Waals surface area contributed by atoms with Crippen LogP contribution in [-0.4, -0.2) is 16.4 Å². The van der Waals surface area contributed by atoms with Gasteiger partial charge >= 0.3 is 6.18 Å². The Balaban J connectivity index is 1.75. The number of nitrogens with one attached hydrogen (secondary N) is 1. The number of rotatable bonds is 2. The van der Waals surface area contributed by atoms with Gasteiger partial charge in [-0.05, 0) is 30.7 Å². The second kappa shape index (κ2) is 3.69. The first-order chi connectivity index (χ1) is 8.83. The van der Waals surface area contributed by atoms with Gasteiger partial charge in [0, 0.05) is 6.20 Å². The summed E-state index contributed by atoms with van der Waals surface area (Å²) in [6, 6.07) is 0.860. The Morgan fingerprint density at radius 3 is 2.53 bits per heavy atom. The lowest BCUT2D eigenvalue weighted by molar-refractivity contribution is -0.137. The van der Waals surface area contributed by atoms with Crippen molar-refractivity contribution in [3.8, 4) is 0 Å². The summed E-state index contributed by atoms with van der Waals surface area (Å²) in [7, 11) is 0. The lowest BCUT2D eigenvalue weighted by Crippen LogP contribution is -2.40. The molecule has 3 N–H and O–H groups in total. The van der Waals surface area contributed by atoms with Crippen molar-refractivity contribution in [1.29, 1.82) is 0 Å². The summed E-state index contributed by atoms with van der Waals surface area (Å²) < 4.78 is 37.5. The molecule has 2 saturated carbocycles. The molecule has 0 aliphatic heterocycles. The third kappa shape index (κ3) is 1.80. The third-order valence-corrected chi connectivity index (χ3v) is 4.11. The van der Waals surface area contributed by atoms with E-state index in [0.29, 0.717) is 6.20 Å². The molecule has 19 heavy (non-hydrogen) atoms. The number of alkyl halides is 3. The minimum absolute atomic E-state index is 0.0240. The van der Waals surface area contributed by atoms with Gasteiger partial charge in [-0.15, -0.1) is 0 Å². The maximum absolute atomic E-state index is 12.5. The summed E-state index contributed by atoms with van der Waals surface area (Å²) in [6.45, 7) is 0. The Morgan fingerprint density at radius 2 is 2.00 bits per heavy atom. The van der Waals surface area contributed by atoms with E-state index in [-0.39, 0.29) is 17.5 Å². The number of aromatic nitrogens is 1. The quantitative estimate of drug-likeness (QED) is 0.861. The molecule has 1 aromatic heterocycles. The van der Waals surface area contributed by atoms with E-state index in [2.05, 4.69) is 10.3 Å². The smallest absolute Gasteiger partial charge is 0.323 e. The highest BCUT2D eigenvalue weighted by atomic mass is 19.4. The van der Waals surface area contributed by atoms with E-state index >= 15 is 0 Å². The Kier molecular flexibility index (Phi) is 2.41. The summed E-state index contributed by atoms with van der Waals surface area (Å²) in [6.07, 6.45) is -0.757. The van der Waals surface area contributed by atoms with Crippen LogP contribution in [0.25, 0.3) is 0 Å². The molecule has 1 unspecified atom stereocenters. The van der Waals surface area contributed by atoms with Crippen LogP contribution in [0, 0.1) is 11.8 Å². The standard InChI is InChI=1S/C12H12F3N3O/c13-12(14,15)6-3-7(5-17-4-6)18-10(19)11(16)8-1-2-9(8)11/h3-5,8-9H,1-2,16H2,(H,18,19)/t8-,9+,11?. The molecule has 7 heteroatoms. The molecule has 0 aromatic carbocycles. The fraction of sp³-hybridized carbons (Fsp3) is 0.500. The summed E-state index contributed by atoms with van der Waals surface area (Å²) in [4.78, 5) is 15.5. The van der Waals surface area contributed by atoms with Crippen molar-refractivity contribution in [1.82, 2.24) is 4.98 Å². The fourth-order valence-corrected chi connectivity index (χ4v) is 2.78. The van der Waals surface area contributed by atoms with E-state index in [1.54, 1.807) is 0 Å². The monoisotopic (exact) mass is 271 g/mol. The lowest BCUT2D eigenvalue weighted by atomic mass is 10.0. The van der Waals surface area contributed by atoms with Crippen LogP contribution in [0.15, 0.2) is 18.5 Å². The van der Waals surface area contributed by atoms with Crippen LogP contribution in [0.4, 0.5) is 18.9 Å². The molecule has 1 aromatic rings. The van der Waals surface area contributed by atoms with Crippen LogP contribution < -0.4 is 11.1 Å². The first-order valence-corrected chi connectivity index (χ1v) is 5.96. The van der Waals surface area contributed by atoms with Crippen molar-refractivity contribution in [2.24, 2.45) is 17.6 Å². The molecule has 4 nitrogen and oxygen atoms in total. The first kappa shape index (κ1) is 12.4. The van der Waals surface area contributed by atoms with Gasteiger partial charge in [0.05, 0.1) is 17.4 Å². The van der Waals surface area contributed by atoms with Gasteiger partial charge < -0.3 is 11.1 Å². The zero-order valence-corrected chi connectivity index (χ0v) is 9.87. The van der Waals surface area contributed by atoms with Crippen molar-refractivity contribution in [3.05, 3.63) is 24.0 Å². The Bertz CT molecular complexity index is 533. The summed E-state index contributed by atoms with van der Waals surface area (Å²) in [5.41, 5.74) is 4.19. The highest BCUT2D eigenvalue weighted by Gasteiger charge is 2.71. The molecule has 3 rings (SSSR count). The normalized spacial score (nSPS) is 32.2. The molecule has 3 atom stereocenters. The second-order valence-corrected chi connectivity index (χ2v) is 5.14. The van der Waals surface area contributed by atoms with Crippen molar-refractivity contribution in [2.75, 3.05) is 5.32 Å². The van der Waals surface area contributed by atoms with Crippen molar-refractivity contribution >= 4 is 11.6 Å². The van der Waals surface area contributed by atoms with Crippen LogP contribution in [-0.2, 0) is 11.0 Å². The van der Waals surface area contributed by atoms with E-state index in [0.717, 1.165) is 18.9 Å². The number of halogens is 3. The molecule has 102 valence electrons. The number of anilines is 1. The molecule has 0 saturated heterocycles. The van der Waals surface area contributed by atoms with Crippen molar-refractivity contribution < 1.29 is 18.0 Å². The molecule has 0 radical (unpaired) electrons. The van der Waals surface area contributed by atoms with Gasteiger partial charge in [0.2, 0.25) is 5.91 Å². The van der Waals surface area contributed by atoms with Crippen LogP contribution in [0.3, 0.4) is 0 Å². The average Bonchev–Trinajstić information content (AvgIpc) is 2.70. The highest BCUT2D eigenvalue weighted by molar-refractivity contribution is 6.01. The minimum atomic E-state index is -4.48.